The van der Waals surface area contributed by atoms with Crippen LogP contribution in [0.1, 0.15) is 40.0 Å². The molecule has 7 nitrogen and oxygen atoms in total. The first-order chi connectivity index (χ1) is 13.1. The van der Waals surface area contributed by atoms with Gasteiger partial charge in [-0.25, -0.2) is 4.98 Å². The van der Waals surface area contributed by atoms with Gasteiger partial charge in [-0.3, -0.25) is 9.59 Å². The zero-order valence-corrected chi connectivity index (χ0v) is 15.1. The van der Waals surface area contributed by atoms with E-state index in [1.165, 1.54) is 19.4 Å². The standard InChI is InChI=1S/C20H22N2O5/c1-26-18-8-7-14(11-21-18)19(25)20(9-2-3-10-22-20)13-27-17-6-4-5-16(24)15(17)12-23/h4-8,11-12,22,24H,2-3,9-10,13H2,1H3/t20-/m0/s1. The van der Waals surface area contributed by atoms with Gasteiger partial charge in [0.25, 0.3) is 0 Å². The Morgan fingerprint density at radius 3 is 2.81 bits per heavy atom. The first-order valence-electron chi connectivity index (χ1n) is 8.79. The first-order valence-corrected chi connectivity index (χ1v) is 8.79. The molecule has 1 aromatic heterocycles. The number of carbonyl (C=O) groups excluding carboxylic acids is 2. The van der Waals surface area contributed by atoms with Crippen molar-refractivity contribution in [2.45, 2.75) is 24.8 Å². The molecular formula is C20H22N2O5. The highest BCUT2D eigenvalue weighted by molar-refractivity contribution is 6.03. The number of benzene rings is 1. The Morgan fingerprint density at radius 2 is 2.19 bits per heavy atom. The first kappa shape index (κ1) is 18.8. The van der Waals surface area contributed by atoms with E-state index in [1.54, 1.807) is 24.3 Å². The summed E-state index contributed by atoms with van der Waals surface area (Å²) >= 11 is 0. The number of phenolic OH excluding ortho intramolecular Hbond substituents is 1. The summed E-state index contributed by atoms with van der Waals surface area (Å²) in [7, 11) is 1.52. The number of hydrogen-bond donors (Lipinski definition) is 2. The molecule has 27 heavy (non-hydrogen) atoms. The molecule has 1 saturated heterocycles. The molecule has 142 valence electrons. The van der Waals surface area contributed by atoms with E-state index < -0.39 is 5.54 Å². The number of aromatic hydroxyl groups is 1. The van der Waals surface area contributed by atoms with Crippen LogP contribution < -0.4 is 14.8 Å². The maximum Gasteiger partial charge on any atom is 0.212 e. The van der Waals surface area contributed by atoms with Gasteiger partial charge in [-0.15, -0.1) is 0 Å². The number of rotatable bonds is 7. The number of hydrogen-bond acceptors (Lipinski definition) is 7. The zero-order valence-electron chi connectivity index (χ0n) is 15.1. The second kappa shape index (κ2) is 8.18. The number of phenols is 1. The van der Waals surface area contributed by atoms with E-state index in [-0.39, 0.29) is 29.5 Å². The maximum absolute atomic E-state index is 13.2. The minimum Gasteiger partial charge on any atom is -0.507 e. The minimum absolute atomic E-state index is 0.0438. The second-order valence-corrected chi connectivity index (χ2v) is 6.48. The van der Waals surface area contributed by atoms with Crippen LogP contribution in [0, 0.1) is 0 Å². The summed E-state index contributed by atoms with van der Waals surface area (Å²) in [6.45, 7) is 0.738. The summed E-state index contributed by atoms with van der Waals surface area (Å²) in [5.41, 5.74) is -0.387. The number of aromatic nitrogens is 1. The molecule has 0 aliphatic carbocycles. The van der Waals surface area contributed by atoms with Crippen molar-refractivity contribution < 1.29 is 24.2 Å². The van der Waals surface area contributed by atoms with Crippen LogP contribution in [0.25, 0.3) is 0 Å². The molecule has 1 atom stereocenters. The molecule has 7 heteroatoms. The molecule has 0 bridgehead atoms. The van der Waals surface area contributed by atoms with Gasteiger partial charge in [0.05, 0.1) is 12.7 Å². The Balaban J connectivity index is 1.85. The molecule has 2 N–H and O–H groups in total. The van der Waals surface area contributed by atoms with Crippen molar-refractivity contribution in [2.75, 3.05) is 20.3 Å². The highest BCUT2D eigenvalue weighted by atomic mass is 16.5. The molecule has 0 unspecified atom stereocenters. The van der Waals surface area contributed by atoms with Crippen molar-refractivity contribution >= 4 is 12.1 Å². The monoisotopic (exact) mass is 370 g/mol. The fourth-order valence-corrected chi connectivity index (χ4v) is 3.24. The number of Topliss-reactive ketones (excluding diaryl/α,β-unsaturated/α-hetero) is 1. The number of carbonyl (C=O) groups is 2. The third kappa shape index (κ3) is 3.93. The third-order valence-electron chi connectivity index (χ3n) is 4.77. The molecule has 0 amide bonds. The third-order valence-corrected chi connectivity index (χ3v) is 4.77. The zero-order chi connectivity index (χ0) is 19.3. The SMILES string of the molecule is COc1ccc(C(=O)[C@@]2(COc3cccc(O)c3C=O)CCCCN2)cn1. The van der Waals surface area contributed by atoms with Crippen LogP contribution in [0.15, 0.2) is 36.5 Å². The van der Waals surface area contributed by atoms with E-state index in [4.69, 9.17) is 9.47 Å². The Morgan fingerprint density at radius 1 is 1.33 bits per heavy atom. The highest BCUT2D eigenvalue weighted by Gasteiger charge is 2.41. The van der Waals surface area contributed by atoms with Gasteiger partial charge in [0.1, 0.15) is 23.6 Å². The lowest BCUT2D eigenvalue weighted by Gasteiger charge is -2.36. The Hall–Kier alpha value is -2.93. The lowest BCUT2D eigenvalue weighted by atomic mass is 9.83. The van der Waals surface area contributed by atoms with Gasteiger partial charge in [-0.05, 0) is 44.0 Å². The van der Waals surface area contributed by atoms with Crippen LogP contribution in [-0.4, -0.2) is 48.0 Å². The molecule has 0 radical (unpaired) electrons. The van der Waals surface area contributed by atoms with Gasteiger partial charge in [0.2, 0.25) is 5.88 Å². The van der Waals surface area contributed by atoms with E-state index in [0.717, 1.165) is 12.8 Å². The summed E-state index contributed by atoms with van der Waals surface area (Å²) in [6.07, 6.45) is 4.49. The van der Waals surface area contributed by atoms with E-state index in [9.17, 15) is 14.7 Å². The van der Waals surface area contributed by atoms with E-state index in [2.05, 4.69) is 10.3 Å². The highest BCUT2D eigenvalue weighted by Crippen LogP contribution is 2.29. The summed E-state index contributed by atoms with van der Waals surface area (Å²) in [5.74, 6) is 0.408. The van der Waals surface area contributed by atoms with Gasteiger partial charge < -0.3 is 19.9 Å². The number of methoxy groups -OCH3 is 1. The van der Waals surface area contributed by atoms with Crippen LogP contribution in [0.4, 0.5) is 0 Å². The lowest BCUT2D eigenvalue weighted by Crippen LogP contribution is -2.58. The van der Waals surface area contributed by atoms with Crippen molar-refractivity contribution in [1.82, 2.24) is 10.3 Å². The average Bonchev–Trinajstić information content (AvgIpc) is 2.72. The molecule has 2 aromatic rings. The molecule has 1 aromatic carbocycles. The minimum atomic E-state index is -0.917. The molecule has 0 saturated carbocycles. The number of nitrogens with one attached hydrogen (secondary N) is 1. The number of piperidine rings is 1. The van der Waals surface area contributed by atoms with Crippen molar-refractivity contribution in [3.05, 3.63) is 47.7 Å². The summed E-state index contributed by atoms with van der Waals surface area (Å²) in [6, 6.07) is 7.92. The van der Waals surface area contributed by atoms with Gasteiger partial charge in [0, 0.05) is 17.8 Å². The number of pyridine rings is 1. The van der Waals surface area contributed by atoms with Crippen LogP contribution in [0.3, 0.4) is 0 Å². The van der Waals surface area contributed by atoms with Gasteiger partial charge in [-0.2, -0.15) is 0 Å². The number of ketones is 1. The molecular weight excluding hydrogens is 348 g/mol. The molecule has 3 rings (SSSR count). The Bertz CT molecular complexity index is 814. The molecule has 1 aliphatic rings. The molecule has 0 spiro atoms. The van der Waals surface area contributed by atoms with E-state index in [1.807, 2.05) is 0 Å². The normalized spacial score (nSPS) is 19.3. The quantitative estimate of drug-likeness (QED) is 0.570. The average molecular weight is 370 g/mol. The fourth-order valence-electron chi connectivity index (χ4n) is 3.24. The van der Waals surface area contributed by atoms with Crippen molar-refractivity contribution in [3.63, 3.8) is 0 Å². The number of aldehydes is 1. The van der Waals surface area contributed by atoms with Crippen LogP contribution >= 0.6 is 0 Å². The predicted octanol–water partition coefficient (Wildman–Crippen LogP) is 2.38. The molecule has 1 aliphatic heterocycles. The van der Waals surface area contributed by atoms with Crippen LogP contribution in [0.5, 0.6) is 17.4 Å². The second-order valence-electron chi connectivity index (χ2n) is 6.48. The molecule has 1 fully saturated rings. The summed E-state index contributed by atoms with van der Waals surface area (Å²) in [5, 5.41) is 13.1. The topological polar surface area (TPSA) is 97.8 Å². The van der Waals surface area contributed by atoms with Crippen LogP contribution in [0.2, 0.25) is 0 Å². The smallest absolute Gasteiger partial charge is 0.212 e. The van der Waals surface area contributed by atoms with Gasteiger partial charge >= 0.3 is 0 Å². The van der Waals surface area contributed by atoms with Crippen LogP contribution in [-0.2, 0) is 0 Å². The van der Waals surface area contributed by atoms with Crippen molar-refractivity contribution in [2.24, 2.45) is 0 Å². The largest absolute Gasteiger partial charge is 0.507 e. The van der Waals surface area contributed by atoms with Crippen molar-refractivity contribution in [3.8, 4) is 17.4 Å². The van der Waals surface area contributed by atoms with E-state index >= 15 is 0 Å². The number of nitrogens with zero attached hydrogens (tertiary/aromatic N) is 1. The predicted molar refractivity (Wildman–Crippen MR) is 98.7 cm³/mol. The Kier molecular flexibility index (Phi) is 5.71. The summed E-state index contributed by atoms with van der Waals surface area (Å²) in [4.78, 5) is 28.6. The number of ether oxygens (including phenoxy) is 2. The Labute approximate surface area is 157 Å². The molecule has 2 heterocycles. The lowest BCUT2D eigenvalue weighted by molar-refractivity contribution is 0.0712. The maximum atomic E-state index is 13.2. The summed E-state index contributed by atoms with van der Waals surface area (Å²) < 4.78 is 10.9. The van der Waals surface area contributed by atoms with Gasteiger partial charge in [-0.1, -0.05) is 6.07 Å². The van der Waals surface area contributed by atoms with Crippen molar-refractivity contribution in [1.29, 1.82) is 0 Å². The van der Waals surface area contributed by atoms with Gasteiger partial charge in [0.15, 0.2) is 12.1 Å². The van der Waals surface area contributed by atoms with E-state index in [0.29, 0.717) is 30.7 Å². The fraction of sp³-hybridized carbons (Fsp3) is 0.350.